The monoisotopic (exact) mass is 216 g/mol. The number of amides is 1. The molecule has 0 aliphatic heterocycles. The lowest BCUT2D eigenvalue weighted by Crippen LogP contribution is -2.17. The van der Waals surface area contributed by atoms with Crippen LogP contribution in [-0.4, -0.2) is 27.4 Å². The normalized spacial score (nSPS) is 9.79. The quantitative estimate of drug-likeness (QED) is 0.618. The van der Waals surface area contributed by atoms with Crippen molar-refractivity contribution in [1.29, 1.82) is 0 Å². The predicted octanol–water partition coefficient (Wildman–Crippen LogP) is -0.606. The number of nitrogens with one attached hydrogen (secondary N) is 1. The molecule has 76 valence electrons. The van der Waals surface area contributed by atoms with Gasteiger partial charge in [-0.2, -0.15) is 15.0 Å². The van der Waals surface area contributed by atoms with Gasteiger partial charge >= 0.3 is 0 Å². The Morgan fingerprint density at radius 1 is 1.43 bits per heavy atom. The summed E-state index contributed by atoms with van der Waals surface area (Å²) in [5, 5.41) is 2.73. The second kappa shape index (κ2) is 4.56. The highest BCUT2D eigenvalue weighted by atomic mass is 35.5. The zero-order valence-corrected chi connectivity index (χ0v) is 7.95. The number of nitrogens with zero attached hydrogens (tertiary/aromatic N) is 3. The van der Waals surface area contributed by atoms with Crippen molar-refractivity contribution in [2.24, 2.45) is 5.73 Å². The SMILES string of the molecule is NC(=O)CCNc1nc(N)nc(Cl)n1. The molecule has 0 saturated carbocycles. The van der Waals surface area contributed by atoms with Crippen LogP contribution in [0.4, 0.5) is 11.9 Å². The maximum absolute atomic E-state index is 10.4. The molecule has 1 amide bonds. The van der Waals surface area contributed by atoms with E-state index in [1.807, 2.05) is 0 Å². The lowest BCUT2D eigenvalue weighted by Gasteiger charge is -2.02. The summed E-state index contributed by atoms with van der Waals surface area (Å²) in [5.41, 5.74) is 10.2. The second-order valence-corrected chi connectivity index (χ2v) is 2.77. The highest BCUT2D eigenvalue weighted by Gasteiger charge is 2.01. The molecule has 0 radical (unpaired) electrons. The largest absolute Gasteiger partial charge is 0.370 e. The van der Waals surface area contributed by atoms with Crippen molar-refractivity contribution in [3.05, 3.63) is 5.28 Å². The summed E-state index contributed by atoms with van der Waals surface area (Å²) < 4.78 is 0. The number of carbonyl (C=O) groups excluding carboxylic acids is 1. The third kappa shape index (κ3) is 3.40. The van der Waals surface area contributed by atoms with E-state index in [1.165, 1.54) is 0 Å². The maximum Gasteiger partial charge on any atom is 0.228 e. The van der Waals surface area contributed by atoms with Crippen LogP contribution in [0.3, 0.4) is 0 Å². The molecule has 0 spiro atoms. The Balaban J connectivity index is 2.54. The first-order valence-electron chi connectivity index (χ1n) is 3.77. The zero-order valence-electron chi connectivity index (χ0n) is 7.20. The fourth-order valence-electron chi connectivity index (χ4n) is 0.742. The summed E-state index contributed by atoms with van der Waals surface area (Å²) >= 11 is 5.52. The maximum atomic E-state index is 10.4. The van der Waals surface area contributed by atoms with Crippen LogP contribution in [0.1, 0.15) is 6.42 Å². The van der Waals surface area contributed by atoms with Crippen LogP contribution in [0.25, 0.3) is 0 Å². The molecule has 0 aliphatic rings. The van der Waals surface area contributed by atoms with Gasteiger partial charge in [0, 0.05) is 13.0 Å². The summed E-state index contributed by atoms with van der Waals surface area (Å²) in [6.45, 7) is 0.328. The number of carbonyl (C=O) groups is 1. The first kappa shape index (κ1) is 10.5. The number of halogens is 1. The van der Waals surface area contributed by atoms with E-state index in [9.17, 15) is 4.79 Å². The molecule has 14 heavy (non-hydrogen) atoms. The molecule has 7 nitrogen and oxygen atoms in total. The standard InChI is InChI=1S/C6H9ClN6O/c7-4-11-5(9)13-6(12-4)10-2-1-3(8)14/h1-2H2,(H2,8,14)(H3,9,10,11,12,13). The number of nitrogen functional groups attached to an aromatic ring is 1. The van der Waals surface area contributed by atoms with Gasteiger partial charge in [0.2, 0.25) is 23.1 Å². The van der Waals surface area contributed by atoms with Crippen molar-refractivity contribution in [2.45, 2.75) is 6.42 Å². The van der Waals surface area contributed by atoms with E-state index in [-0.39, 0.29) is 23.6 Å². The van der Waals surface area contributed by atoms with Crippen LogP contribution in [0.15, 0.2) is 0 Å². The molecule has 0 aromatic carbocycles. The third-order valence-corrected chi connectivity index (χ3v) is 1.45. The number of hydrogen-bond acceptors (Lipinski definition) is 6. The van der Waals surface area contributed by atoms with Gasteiger partial charge < -0.3 is 16.8 Å². The summed E-state index contributed by atoms with van der Waals surface area (Å²) in [6.07, 6.45) is 0.184. The van der Waals surface area contributed by atoms with E-state index >= 15 is 0 Å². The summed E-state index contributed by atoms with van der Waals surface area (Å²) in [6, 6.07) is 0. The first-order valence-corrected chi connectivity index (χ1v) is 4.15. The van der Waals surface area contributed by atoms with Gasteiger partial charge in [-0.15, -0.1) is 0 Å². The molecule has 0 saturated heterocycles. The minimum Gasteiger partial charge on any atom is -0.370 e. The lowest BCUT2D eigenvalue weighted by molar-refractivity contribution is -0.117. The van der Waals surface area contributed by atoms with Crippen LogP contribution < -0.4 is 16.8 Å². The highest BCUT2D eigenvalue weighted by Crippen LogP contribution is 2.06. The van der Waals surface area contributed by atoms with E-state index < -0.39 is 5.91 Å². The van der Waals surface area contributed by atoms with Crippen LogP contribution in [0, 0.1) is 0 Å². The molecule has 1 heterocycles. The van der Waals surface area contributed by atoms with E-state index in [4.69, 9.17) is 23.1 Å². The molecule has 1 rings (SSSR count). The fourth-order valence-corrected chi connectivity index (χ4v) is 0.909. The van der Waals surface area contributed by atoms with Crippen LogP contribution in [0.2, 0.25) is 5.28 Å². The third-order valence-electron chi connectivity index (χ3n) is 1.28. The van der Waals surface area contributed by atoms with Crippen molar-refractivity contribution in [3.63, 3.8) is 0 Å². The highest BCUT2D eigenvalue weighted by molar-refractivity contribution is 6.28. The molecular formula is C6H9ClN6O. The van der Waals surface area contributed by atoms with Gasteiger partial charge in [0.1, 0.15) is 0 Å². The number of rotatable bonds is 4. The van der Waals surface area contributed by atoms with Gasteiger partial charge in [-0.1, -0.05) is 0 Å². The molecule has 5 N–H and O–H groups in total. The minimum atomic E-state index is -0.411. The number of hydrogen-bond donors (Lipinski definition) is 3. The molecule has 0 fully saturated rings. The summed E-state index contributed by atoms with van der Waals surface area (Å²) in [7, 11) is 0. The Labute approximate surface area is 84.9 Å². The zero-order chi connectivity index (χ0) is 10.6. The molecule has 0 unspecified atom stereocenters. The van der Waals surface area contributed by atoms with Gasteiger partial charge in [-0.25, -0.2) is 0 Å². The molecule has 0 atom stereocenters. The number of nitrogens with two attached hydrogens (primary N) is 2. The van der Waals surface area contributed by atoms with Crippen LogP contribution in [-0.2, 0) is 4.79 Å². The number of anilines is 2. The molecule has 0 aliphatic carbocycles. The Bertz CT molecular complexity index is 323. The Morgan fingerprint density at radius 2 is 2.14 bits per heavy atom. The molecule has 1 aromatic rings. The van der Waals surface area contributed by atoms with Crippen molar-refractivity contribution < 1.29 is 4.79 Å². The van der Waals surface area contributed by atoms with E-state index in [0.29, 0.717) is 6.54 Å². The van der Waals surface area contributed by atoms with Gasteiger partial charge in [0.15, 0.2) is 0 Å². The lowest BCUT2D eigenvalue weighted by atomic mass is 10.4. The molecule has 0 bridgehead atoms. The summed E-state index contributed by atoms with van der Waals surface area (Å²) in [5.74, 6) is -0.166. The van der Waals surface area contributed by atoms with E-state index in [0.717, 1.165) is 0 Å². The van der Waals surface area contributed by atoms with Crippen molar-refractivity contribution in [3.8, 4) is 0 Å². The fraction of sp³-hybridized carbons (Fsp3) is 0.333. The van der Waals surface area contributed by atoms with Gasteiger partial charge in [-0.3, -0.25) is 4.79 Å². The van der Waals surface area contributed by atoms with Crippen LogP contribution >= 0.6 is 11.6 Å². The molecule has 1 aromatic heterocycles. The second-order valence-electron chi connectivity index (χ2n) is 2.43. The summed E-state index contributed by atoms with van der Waals surface area (Å²) in [4.78, 5) is 21.4. The molecule has 8 heteroatoms. The number of aromatic nitrogens is 3. The van der Waals surface area contributed by atoms with Gasteiger partial charge in [0.05, 0.1) is 0 Å². The first-order chi connectivity index (χ1) is 6.58. The smallest absolute Gasteiger partial charge is 0.228 e. The Morgan fingerprint density at radius 3 is 2.71 bits per heavy atom. The van der Waals surface area contributed by atoms with Crippen molar-refractivity contribution in [1.82, 2.24) is 15.0 Å². The Kier molecular flexibility index (Phi) is 3.41. The van der Waals surface area contributed by atoms with E-state index in [1.54, 1.807) is 0 Å². The van der Waals surface area contributed by atoms with Gasteiger partial charge in [0.25, 0.3) is 0 Å². The van der Waals surface area contributed by atoms with Gasteiger partial charge in [-0.05, 0) is 11.6 Å². The predicted molar refractivity (Wildman–Crippen MR) is 51.6 cm³/mol. The minimum absolute atomic E-state index is 0.000856. The van der Waals surface area contributed by atoms with Crippen LogP contribution in [0.5, 0.6) is 0 Å². The average Bonchev–Trinajstić information content (AvgIpc) is 2.01. The number of primary amides is 1. The average molecular weight is 217 g/mol. The van der Waals surface area contributed by atoms with E-state index in [2.05, 4.69) is 20.3 Å². The van der Waals surface area contributed by atoms with Crippen molar-refractivity contribution in [2.75, 3.05) is 17.6 Å². The van der Waals surface area contributed by atoms with Crippen molar-refractivity contribution >= 4 is 29.4 Å². The topological polar surface area (TPSA) is 120 Å². The molecular weight excluding hydrogens is 208 g/mol. The Hall–Kier alpha value is -1.63.